The number of sulfonamides is 1. The molecule has 10 heteroatoms. The van der Waals surface area contributed by atoms with Crippen LogP contribution >= 0.6 is 11.6 Å². The maximum Gasteiger partial charge on any atom is 0.247 e. The maximum atomic E-state index is 12.9. The van der Waals surface area contributed by atoms with Gasteiger partial charge in [-0.05, 0) is 43.9 Å². The molecule has 3 aliphatic rings. The highest BCUT2D eigenvalue weighted by molar-refractivity contribution is 7.89. The number of rotatable bonds is 5. The molecule has 4 rings (SSSR count). The van der Waals surface area contributed by atoms with Crippen LogP contribution in [0.15, 0.2) is 23.1 Å². The summed E-state index contributed by atoms with van der Waals surface area (Å²) >= 11 is 6.17. The van der Waals surface area contributed by atoms with E-state index in [0.717, 1.165) is 19.3 Å². The van der Waals surface area contributed by atoms with E-state index in [0.29, 0.717) is 31.9 Å². The van der Waals surface area contributed by atoms with Crippen molar-refractivity contribution >= 4 is 39.1 Å². The second kappa shape index (κ2) is 8.22. The summed E-state index contributed by atoms with van der Waals surface area (Å²) in [4.78, 5) is 26.8. The molecule has 1 aromatic rings. The molecule has 158 valence electrons. The summed E-state index contributed by atoms with van der Waals surface area (Å²) in [7, 11) is -3.79. The van der Waals surface area contributed by atoms with Gasteiger partial charge in [0, 0.05) is 31.2 Å². The lowest BCUT2D eigenvalue weighted by atomic mass is 10.2. The van der Waals surface area contributed by atoms with Crippen LogP contribution in [-0.4, -0.2) is 68.3 Å². The first-order valence-electron chi connectivity index (χ1n) is 9.87. The fourth-order valence-corrected chi connectivity index (χ4v) is 5.71. The van der Waals surface area contributed by atoms with Crippen LogP contribution in [0.25, 0.3) is 0 Å². The minimum absolute atomic E-state index is 0.0452. The van der Waals surface area contributed by atoms with Crippen LogP contribution in [0.5, 0.6) is 0 Å². The molecule has 1 N–H and O–H groups in total. The highest BCUT2D eigenvalue weighted by Gasteiger charge is 2.41. The number of ether oxygens (including phenoxy) is 1. The van der Waals surface area contributed by atoms with Gasteiger partial charge in [-0.15, -0.1) is 0 Å². The monoisotopic (exact) mass is 441 g/mol. The molecule has 2 aliphatic heterocycles. The number of hydrogen-bond donors (Lipinski definition) is 1. The number of morpholine rings is 1. The van der Waals surface area contributed by atoms with Gasteiger partial charge in [-0.2, -0.15) is 4.31 Å². The molecule has 1 atom stereocenters. The van der Waals surface area contributed by atoms with Gasteiger partial charge in [0.15, 0.2) is 0 Å². The Morgan fingerprint density at radius 2 is 1.83 bits per heavy atom. The Kier molecular flexibility index (Phi) is 5.83. The molecule has 1 aromatic carbocycles. The molecule has 0 bridgehead atoms. The molecule has 3 fully saturated rings. The summed E-state index contributed by atoms with van der Waals surface area (Å²) in [6.45, 7) is 1.77. The third-order valence-corrected chi connectivity index (χ3v) is 7.93. The first-order chi connectivity index (χ1) is 13.9. The molecule has 2 heterocycles. The van der Waals surface area contributed by atoms with Crippen molar-refractivity contribution in [2.24, 2.45) is 5.92 Å². The number of carbonyl (C=O) groups is 2. The van der Waals surface area contributed by atoms with Crippen LogP contribution in [0.1, 0.15) is 25.7 Å². The average molecular weight is 442 g/mol. The molecular formula is C19H24ClN3O5S. The van der Waals surface area contributed by atoms with E-state index in [2.05, 4.69) is 5.32 Å². The van der Waals surface area contributed by atoms with Gasteiger partial charge >= 0.3 is 0 Å². The van der Waals surface area contributed by atoms with Gasteiger partial charge < -0.3 is 15.0 Å². The van der Waals surface area contributed by atoms with Crippen molar-refractivity contribution in [3.63, 3.8) is 0 Å². The Hall–Kier alpha value is -1.68. The molecule has 29 heavy (non-hydrogen) atoms. The number of nitrogens with one attached hydrogen (secondary N) is 1. The van der Waals surface area contributed by atoms with E-state index in [4.69, 9.17) is 16.3 Å². The van der Waals surface area contributed by atoms with Crippen LogP contribution in [0.2, 0.25) is 5.02 Å². The molecule has 2 amide bonds. The van der Waals surface area contributed by atoms with Gasteiger partial charge in [-0.1, -0.05) is 11.6 Å². The van der Waals surface area contributed by atoms with Gasteiger partial charge in [0.1, 0.15) is 10.9 Å². The average Bonchev–Trinajstić information content (AvgIpc) is 3.45. The van der Waals surface area contributed by atoms with Crippen molar-refractivity contribution in [3.05, 3.63) is 23.2 Å². The Labute approximate surface area is 175 Å². The van der Waals surface area contributed by atoms with Crippen molar-refractivity contribution in [2.45, 2.75) is 36.6 Å². The second-order valence-electron chi connectivity index (χ2n) is 7.61. The summed E-state index contributed by atoms with van der Waals surface area (Å²) in [5.41, 5.74) is 0.344. The van der Waals surface area contributed by atoms with Gasteiger partial charge in [-0.3, -0.25) is 9.59 Å². The fraction of sp³-hybridized carbons (Fsp3) is 0.579. The predicted molar refractivity (Wildman–Crippen MR) is 107 cm³/mol. The molecule has 0 radical (unpaired) electrons. The molecule has 2 saturated heterocycles. The van der Waals surface area contributed by atoms with Crippen LogP contribution in [0, 0.1) is 5.92 Å². The highest BCUT2D eigenvalue weighted by Crippen LogP contribution is 2.34. The summed E-state index contributed by atoms with van der Waals surface area (Å²) < 4.78 is 32.4. The van der Waals surface area contributed by atoms with Crippen molar-refractivity contribution in [1.82, 2.24) is 9.21 Å². The second-order valence-corrected chi connectivity index (χ2v) is 9.93. The van der Waals surface area contributed by atoms with Crippen LogP contribution < -0.4 is 5.32 Å². The van der Waals surface area contributed by atoms with E-state index < -0.39 is 16.1 Å². The Balaban J connectivity index is 1.51. The lowest BCUT2D eigenvalue weighted by molar-refractivity contribution is -0.137. The third-order valence-electron chi connectivity index (χ3n) is 5.55. The quantitative estimate of drug-likeness (QED) is 0.750. The number of halogens is 1. The highest BCUT2D eigenvalue weighted by atomic mass is 35.5. The predicted octanol–water partition coefficient (Wildman–Crippen LogP) is 1.70. The number of anilines is 1. The van der Waals surface area contributed by atoms with Crippen molar-refractivity contribution < 1.29 is 22.7 Å². The zero-order valence-electron chi connectivity index (χ0n) is 16.0. The Morgan fingerprint density at radius 1 is 1.10 bits per heavy atom. The van der Waals surface area contributed by atoms with E-state index >= 15 is 0 Å². The molecular weight excluding hydrogens is 418 g/mol. The lowest BCUT2D eigenvalue weighted by Gasteiger charge is -2.27. The summed E-state index contributed by atoms with van der Waals surface area (Å²) in [5.74, 6) is -0.188. The van der Waals surface area contributed by atoms with Gasteiger partial charge in [0.25, 0.3) is 0 Å². The number of carbonyl (C=O) groups excluding carboxylic acids is 2. The van der Waals surface area contributed by atoms with Gasteiger partial charge in [0.2, 0.25) is 21.8 Å². The molecule has 1 unspecified atom stereocenters. The Morgan fingerprint density at radius 3 is 2.52 bits per heavy atom. The molecule has 0 spiro atoms. The molecule has 8 nitrogen and oxygen atoms in total. The van der Waals surface area contributed by atoms with Gasteiger partial charge in [0.05, 0.1) is 18.2 Å². The van der Waals surface area contributed by atoms with Crippen molar-refractivity contribution in [2.75, 3.05) is 38.2 Å². The lowest BCUT2D eigenvalue weighted by Crippen LogP contribution is -2.43. The van der Waals surface area contributed by atoms with E-state index in [-0.39, 0.29) is 40.7 Å². The zero-order valence-corrected chi connectivity index (χ0v) is 17.5. The normalized spacial score (nSPS) is 23.2. The molecule has 0 aromatic heterocycles. The summed E-state index contributed by atoms with van der Waals surface area (Å²) in [6.07, 6.45) is 3.18. The SMILES string of the molecule is O=C(Nc1ccc(Cl)c(S(=O)(=O)N2CCOCC2)c1)C1CCCN1C(=O)C1CC1. The van der Waals surface area contributed by atoms with E-state index in [1.165, 1.54) is 16.4 Å². The first kappa shape index (κ1) is 20.6. The van der Waals surface area contributed by atoms with E-state index in [9.17, 15) is 18.0 Å². The minimum Gasteiger partial charge on any atom is -0.379 e. The number of benzene rings is 1. The summed E-state index contributed by atoms with van der Waals surface area (Å²) in [6, 6.07) is 3.90. The molecule has 1 saturated carbocycles. The maximum absolute atomic E-state index is 12.9. The number of likely N-dealkylation sites (tertiary alicyclic amines) is 1. The number of nitrogens with zero attached hydrogens (tertiary/aromatic N) is 2. The first-order valence-corrected chi connectivity index (χ1v) is 11.7. The minimum atomic E-state index is -3.79. The third kappa shape index (κ3) is 4.28. The van der Waals surface area contributed by atoms with Gasteiger partial charge in [-0.25, -0.2) is 8.42 Å². The van der Waals surface area contributed by atoms with Crippen LogP contribution in [0.3, 0.4) is 0 Å². The topological polar surface area (TPSA) is 96.0 Å². The largest absolute Gasteiger partial charge is 0.379 e. The number of hydrogen-bond acceptors (Lipinski definition) is 5. The summed E-state index contributed by atoms with van der Waals surface area (Å²) in [5, 5.41) is 2.87. The van der Waals surface area contributed by atoms with Crippen LogP contribution in [0.4, 0.5) is 5.69 Å². The molecule has 1 aliphatic carbocycles. The smallest absolute Gasteiger partial charge is 0.247 e. The van der Waals surface area contributed by atoms with E-state index in [1.54, 1.807) is 11.0 Å². The van der Waals surface area contributed by atoms with Crippen molar-refractivity contribution in [1.29, 1.82) is 0 Å². The Bertz CT molecular complexity index is 912. The van der Waals surface area contributed by atoms with Crippen molar-refractivity contribution in [3.8, 4) is 0 Å². The van der Waals surface area contributed by atoms with E-state index in [1.807, 2.05) is 0 Å². The van der Waals surface area contributed by atoms with Crippen LogP contribution in [-0.2, 0) is 24.3 Å². The fourth-order valence-electron chi connectivity index (χ4n) is 3.80. The zero-order chi connectivity index (χ0) is 20.6. The number of amides is 2. The standard InChI is InChI=1S/C19H24ClN3O5S/c20-15-6-5-14(12-17(15)29(26,27)22-8-10-28-11-9-22)21-18(24)16-2-1-7-23(16)19(25)13-3-4-13/h5-6,12-13,16H,1-4,7-11H2,(H,21,24).